The number of rotatable bonds is 4. The van der Waals surface area contributed by atoms with E-state index in [0.717, 1.165) is 23.0 Å². The Morgan fingerprint density at radius 3 is 0.568 bits per heavy atom. The molecule has 0 radical (unpaired) electrons. The maximum Gasteiger partial charge on any atom is 0.119 e. The average molecular weight is 544 g/mol. The molecule has 0 atom stereocenters. The van der Waals surface area contributed by atoms with Crippen LogP contribution in [0.5, 0.6) is 46.0 Å². The quantitative estimate of drug-likeness (QED) is 0.245. The van der Waals surface area contributed by atoms with Crippen LogP contribution in [0.2, 0.25) is 0 Å². The van der Waals surface area contributed by atoms with E-state index in [2.05, 4.69) is 0 Å². The van der Waals surface area contributed by atoms with E-state index in [0.29, 0.717) is 0 Å². The number of methoxy groups -OCH3 is 4. The molecule has 0 saturated heterocycles. The molecule has 37 heavy (non-hydrogen) atoms. The van der Waals surface area contributed by atoms with Crippen LogP contribution in [0, 0.1) is 0 Å². The van der Waals surface area contributed by atoms with Gasteiger partial charge in [-0.15, -0.1) is 0 Å². The Kier molecular flexibility index (Phi) is 17.1. The van der Waals surface area contributed by atoms with Crippen LogP contribution in [0.3, 0.4) is 0 Å². The van der Waals surface area contributed by atoms with Gasteiger partial charge in [0.2, 0.25) is 0 Å². The van der Waals surface area contributed by atoms with Crippen molar-refractivity contribution in [3.63, 3.8) is 0 Å². The fourth-order valence-electron chi connectivity index (χ4n) is 2.33. The van der Waals surface area contributed by atoms with E-state index in [1.54, 1.807) is 126 Å². The van der Waals surface area contributed by atoms with Gasteiger partial charge < -0.3 is 39.4 Å². The Balaban J connectivity index is 0.000000463. The molecule has 8 nitrogen and oxygen atoms in total. The summed E-state index contributed by atoms with van der Waals surface area (Å²) < 4.78 is 19.4. The summed E-state index contributed by atoms with van der Waals surface area (Å²) in [5.74, 6) is 4.07. The number of aromatic hydroxyl groups is 4. The van der Waals surface area contributed by atoms with Gasteiger partial charge in [0, 0.05) is 21.7 Å². The van der Waals surface area contributed by atoms with Crippen molar-refractivity contribution in [1.82, 2.24) is 0 Å². The van der Waals surface area contributed by atoms with Gasteiger partial charge in [0.15, 0.2) is 0 Å². The molecule has 0 aromatic heterocycles. The van der Waals surface area contributed by atoms with Crippen LogP contribution in [0.4, 0.5) is 0 Å². The molecule has 0 spiro atoms. The molecule has 4 aromatic rings. The Labute approximate surface area is 232 Å². The van der Waals surface area contributed by atoms with E-state index in [-0.39, 0.29) is 44.7 Å². The summed E-state index contributed by atoms with van der Waals surface area (Å²) in [5, 5.41) is 35.2. The number of phenolic OH excluding ortho intramolecular Hbond substituents is 4. The zero-order valence-electron chi connectivity index (χ0n) is 21.2. The minimum atomic E-state index is 0. The first-order chi connectivity index (χ1) is 17.3. The van der Waals surface area contributed by atoms with Gasteiger partial charge >= 0.3 is 0 Å². The third kappa shape index (κ3) is 14.9. The maximum atomic E-state index is 8.80. The largest absolute Gasteiger partial charge is 0.508 e. The van der Waals surface area contributed by atoms with Gasteiger partial charge in [-0.2, -0.15) is 0 Å². The van der Waals surface area contributed by atoms with E-state index < -0.39 is 0 Å². The van der Waals surface area contributed by atoms with Crippen LogP contribution >= 0.6 is 0 Å². The van der Waals surface area contributed by atoms with Gasteiger partial charge in [0.1, 0.15) is 46.0 Å². The standard InChI is InChI=1S/4C7H8O2.Ti/c4*1-9-7-4-2-6(8)3-5-7;/h4*2-5,8H,1H3;. The van der Waals surface area contributed by atoms with Crippen LogP contribution in [0.15, 0.2) is 97.1 Å². The van der Waals surface area contributed by atoms with Gasteiger partial charge in [-0.3, -0.25) is 0 Å². The van der Waals surface area contributed by atoms with E-state index in [1.807, 2.05) is 0 Å². The van der Waals surface area contributed by atoms with E-state index in [4.69, 9.17) is 39.4 Å². The predicted molar refractivity (Wildman–Crippen MR) is 139 cm³/mol. The second kappa shape index (κ2) is 19.2. The summed E-state index contributed by atoms with van der Waals surface area (Å²) in [6.07, 6.45) is 0. The van der Waals surface area contributed by atoms with Crippen LogP contribution in [-0.4, -0.2) is 48.9 Å². The third-order valence-electron chi connectivity index (χ3n) is 4.29. The molecule has 0 amide bonds. The summed E-state index contributed by atoms with van der Waals surface area (Å²) >= 11 is 0. The summed E-state index contributed by atoms with van der Waals surface area (Å²) in [6, 6.07) is 26.3. The van der Waals surface area contributed by atoms with E-state index >= 15 is 0 Å². The molecule has 4 N–H and O–H groups in total. The van der Waals surface area contributed by atoms with E-state index in [1.165, 1.54) is 0 Å². The predicted octanol–water partition coefficient (Wildman–Crippen LogP) is 5.60. The molecule has 0 aliphatic heterocycles. The van der Waals surface area contributed by atoms with Crippen molar-refractivity contribution in [2.24, 2.45) is 0 Å². The van der Waals surface area contributed by atoms with Crippen molar-refractivity contribution >= 4 is 0 Å². The fraction of sp³-hybridized carbons (Fsp3) is 0.143. The zero-order valence-corrected chi connectivity index (χ0v) is 22.7. The molecule has 4 aromatic carbocycles. The molecule has 0 saturated carbocycles. The number of phenols is 4. The minimum Gasteiger partial charge on any atom is -0.508 e. The smallest absolute Gasteiger partial charge is 0.119 e. The second-order valence-corrected chi connectivity index (χ2v) is 6.79. The Bertz CT molecular complexity index is 903. The van der Waals surface area contributed by atoms with Crippen molar-refractivity contribution < 1.29 is 61.1 Å². The van der Waals surface area contributed by atoms with Crippen molar-refractivity contribution in [3.05, 3.63) is 97.1 Å². The molecule has 0 aliphatic rings. The average Bonchev–Trinajstić information content (AvgIpc) is 2.92. The number of ether oxygens (including phenoxy) is 4. The van der Waals surface area contributed by atoms with Crippen molar-refractivity contribution in [1.29, 1.82) is 0 Å². The van der Waals surface area contributed by atoms with Gasteiger partial charge in [0.25, 0.3) is 0 Å². The number of benzene rings is 4. The Morgan fingerprint density at radius 2 is 0.459 bits per heavy atom. The van der Waals surface area contributed by atoms with Gasteiger partial charge in [-0.25, -0.2) is 0 Å². The van der Waals surface area contributed by atoms with Crippen LogP contribution < -0.4 is 18.9 Å². The molecule has 4 rings (SSSR count). The molecular formula is C28H32O8Ti. The molecule has 196 valence electrons. The SMILES string of the molecule is COc1ccc(O)cc1.COc1ccc(O)cc1.COc1ccc(O)cc1.COc1ccc(O)cc1.[Ti]. The summed E-state index contributed by atoms with van der Waals surface area (Å²) in [4.78, 5) is 0. The van der Waals surface area contributed by atoms with Gasteiger partial charge in [0.05, 0.1) is 28.4 Å². The molecule has 0 fully saturated rings. The van der Waals surface area contributed by atoms with E-state index in [9.17, 15) is 0 Å². The zero-order chi connectivity index (χ0) is 26.8. The molecular weight excluding hydrogens is 512 g/mol. The minimum absolute atomic E-state index is 0. The van der Waals surface area contributed by atoms with Crippen molar-refractivity contribution in [2.75, 3.05) is 28.4 Å². The Morgan fingerprint density at radius 1 is 0.324 bits per heavy atom. The van der Waals surface area contributed by atoms with Crippen LogP contribution in [-0.2, 0) is 21.7 Å². The Hall–Kier alpha value is -4.01. The van der Waals surface area contributed by atoms with Crippen molar-refractivity contribution in [2.45, 2.75) is 0 Å². The molecule has 0 heterocycles. The number of hydrogen-bond donors (Lipinski definition) is 4. The first-order valence-corrected chi connectivity index (χ1v) is 10.6. The normalized spacial score (nSPS) is 8.76. The third-order valence-corrected chi connectivity index (χ3v) is 4.29. The maximum absolute atomic E-state index is 8.80. The molecule has 0 unspecified atom stereocenters. The molecule has 9 heteroatoms. The summed E-state index contributed by atoms with van der Waals surface area (Å²) in [7, 11) is 6.36. The van der Waals surface area contributed by atoms with Gasteiger partial charge in [-0.1, -0.05) is 0 Å². The number of hydrogen-bond acceptors (Lipinski definition) is 8. The topological polar surface area (TPSA) is 118 Å². The van der Waals surface area contributed by atoms with Crippen LogP contribution in [0.1, 0.15) is 0 Å². The summed E-state index contributed by atoms with van der Waals surface area (Å²) in [6.45, 7) is 0. The second-order valence-electron chi connectivity index (χ2n) is 6.79. The molecule has 0 bridgehead atoms. The first kappa shape index (κ1) is 33.0. The summed E-state index contributed by atoms with van der Waals surface area (Å²) in [5.41, 5.74) is 0. The van der Waals surface area contributed by atoms with Crippen molar-refractivity contribution in [3.8, 4) is 46.0 Å². The fourth-order valence-corrected chi connectivity index (χ4v) is 2.33. The van der Waals surface area contributed by atoms with Gasteiger partial charge in [-0.05, 0) is 97.1 Å². The van der Waals surface area contributed by atoms with Crippen LogP contribution in [0.25, 0.3) is 0 Å². The monoisotopic (exact) mass is 544 g/mol. The molecule has 0 aliphatic carbocycles. The first-order valence-electron chi connectivity index (χ1n) is 10.6.